The zero-order valence-corrected chi connectivity index (χ0v) is 11.6. The third kappa shape index (κ3) is 2.95. The molecular weight excluding hydrogens is 268 g/mol. The number of nitrogens with zero attached hydrogens (tertiary/aromatic N) is 3. The van der Waals surface area contributed by atoms with Crippen molar-refractivity contribution in [2.75, 3.05) is 0 Å². The van der Waals surface area contributed by atoms with E-state index in [-0.39, 0.29) is 11.9 Å². The molecule has 1 saturated carbocycles. The SMILES string of the molecule is O=C(NC1CCCCC1O)c1cccnc1-n1cccn1. The lowest BCUT2D eigenvalue weighted by molar-refractivity contribution is 0.0717. The zero-order valence-electron chi connectivity index (χ0n) is 11.6. The van der Waals surface area contributed by atoms with Crippen molar-refractivity contribution in [3.05, 3.63) is 42.4 Å². The largest absolute Gasteiger partial charge is 0.391 e. The second-order valence-corrected chi connectivity index (χ2v) is 5.26. The van der Waals surface area contributed by atoms with E-state index in [1.165, 1.54) is 0 Å². The molecule has 110 valence electrons. The van der Waals surface area contributed by atoms with Crippen LogP contribution in [0, 0.1) is 0 Å². The molecule has 1 fully saturated rings. The summed E-state index contributed by atoms with van der Waals surface area (Å²) in [7, 11) is 0. The monoisotopic (exact) mass is 286 g/mol. The first-order chi connectivity index (χ1) is 10.3. The van der Waals surface area contributed by atoms with Crippen molar-refractivity contribution in [2.24, 2.45) is 0 Å². The third-order valence-corrected chi connectivity index (χ3v) is 3.80. The summed E-state index contributed by atoms with van der Waals surface area (Å²) in [6.45, 7) is 0. The zero-order chi connectivity index (χ0) is 14.7. The molecule has 2 aromatic heterocycles. The van der Waals surface area contributed by atoms with Gasteiger partial charge < -0.3 is 10.4 Å². The number of carbonyl (C=O) groups excluding carboxylic acids is 1. The maximum atomic E-state index is 12.5. The molecule has 1 amide bonds. The van der Waals surface area contributed by atoms with E-state index in [9.17, 15) is 9.90 Å². The molecule has 6 nitrogen and oxygen atoms in total. The highest BCUT2D eigenvalue weighted by Gasteiger charge is 2.26. The van der Waals surface area contributed by atoms with Gasteiger partial charge in [-0.05, 0) is 31.0 Å². The van der Waals surface area contributed by atoms with E-state index in [0.717, 1.165) is 25.7 Å². The Balaban J connectivity index is 1.82. The second-order valence-electron chi connectivity index (χ2n) is 5.26. The summed E-state index contributed by atoms with van der Waals surface area (Å²) in [5.74, 6) is 0.268. The van der Waals surface area contributed by atoms with Crippen molar-refractivity contribution in [1.82, 2.24) is 20.1 Å². The predicted octanol–water partition coefficient (Wildman–Crippen LogP) is 1.30. The van der Waals surface area contributed by atoms with Gasteiger partial charge in [0.2, 0.25) is 0 Å². The first kappa shape index (κ1) is 13.8. The molecule has 1 aliphatic carbocycles. The van der Waals surface area contributed by atoms with E-state index in [1.807, 2.05) is 0 Å². The van der Waals surface area contributed by atoms with Crippen LogP contribution in [0.5, 0.6) is 0 Å². The van der Waals surface area contributed by atoms with Crippen molar-refractivity contribution in [3.63, 3.8) is 0 Å². The Morgan fingerprint density at radius 2 is 2.14 bits per heavy atom. The quantitative estimate of drug-likeness (QED) is 0.891. The molecule has 0 spiro atoms. The van der Waals surface area contributed by atoms with Gasteiger partial charge in [0.1, 0.15) is 0 Å². The Bertz CT molecular complexity index is 612. The van der Waals surface area contributed by atoms with Gasteiger partial charge in [-0.1, -0.05) is 12.8 Å². The number of pyridine rings is 1. The number of hydrogen-bond donors (Lipinski definition) is 2. The normalized spacial score (nSPS) is 22.0. The fraction of sp³-hybridized carbons (Fsp3) is 0.400. The Labute approximate surface area is 122 Å². The highest BCUT2D eigenvalue weighted by molar-refractivity contribution is 5.97. The van der Waals surface area contributed by atoms with Crippen LogP contribution in [0.25, 0.3) is 5.82 Å². The second kappa shape index (κ2) is 6.05. The molecular formula is C15H18N4O2. The Kier molecular flexibility index (Phi) is 3.96. The predicted molar refractivity (Wildman–Crippen MR) is 77.1 cm³/mol. The molecule has 6 heteroatoms. The van der Waals surface area contributed by atoms with Crippen LogP contribution in [0.15, 0.2) is 36.8 Å². The molecule has 2 heterocycles. The fourth-order valence-corrected chi connectivity index (χ4v) is 2.68. The van der Waals surface area contributed by atoms with Gasteiger partial charge in [0.15, 0.2) is 5.82 Å². The van der Waals surface area contributed by atoms with Gasteiger partial charge in [0.05, 0.1) is 17.7 Å². The first-order valence-electron chi connectivity index (χ1n) is 7.19. The van der Waals surface area contributed by atoms with Crippen LogP contribution in [0.3, 0.4) is 0 Å². The van der Waals surface area contributed by atoms with Crippen LogP contribution in [-0.4, -0.2) is 37.9 Å². The number of aliphatic hydroxyl groups is 1. The smallest absolute Gasteiger partial charge is 0.255 e. The Morgan fingerprint density at radius 1 is 1.29 bits per heavy atom. The van der Waals surface area contributed by atoms with E-state index in [4.69, 9.17) is 0 Å². The number of amides is 1. The number of aromatic nitrogens is 3. The molecule has 0 aliphatic heterocycles. The minimum atomic E-state index is -0.465. The number of carbonyl (C=O) groups is 1. The summed E-state index contributed by atoms with van der Waals surface area (Å²) < 4.78 is 1.56. The lowest BCUT2D eigenvalue weighted by Crippen LogP contribution is -2.45. The number of aliphatic hydroxyl groups excluding tert-OH is 1. The lowest BCUT2D eigenvalue weighted by atomic mass is 9.92. The molecule has 0 aromatic carbocycles. The fourth-order valence-electron chi connectivity index (χ4n) is 2.68. The number of nitrogens with one attached hydrogen (secondary N) is 1. The summed E-state index contributed by atoms with van der Waals surface area (Å²) in [6, 6.07) is 5.03. The molecule has 2 unspecified atom stereocenters. The van der Waals surface area contributed by atoms with Gasteiger partial charge in [-0.2, -0.15) is 5.10 Å². The average Bonchev–Trinajstić information content (AvgIpc) is 3.04. The minimum Gasteiger partial charge on any atom is -0.391 e. The summed E-state index contributed by atoms with van der Waals surface area (Å²) in [5, 5.41) is 17.0. The summed E-state index contributed by atoms with van der Waals surface area (Å²) in [6.07, 6.45) is 8.14. The van der Waals surface area contributed by atoms with Crippen molar-refractivity contribution >= 4 is 5.91 Å². The highest BCUT2D eigenvalue weighted by Crippen LogP contribution is 2.19. The molecule has 2 aromatic rings. The molecule has 1 aliphatic rings. The number of hydrogen-bond acceptors (Lipinski definition) is 4. The van der Waals surface area contributed by atoms with Gasteiger partial charge >= 0.3 is 0 Å². The van der Waals surface area contributed by atoms with Crippen molar-refractivity contribution < 1.29 is 9.90 Å². The van der Waals surface area contributed by atoms with E-state index in [1.54, 1.807) is 41.5 Å². The van der Waals surface area contributed by atoms with Crippen LogP contribution in [0.4, 0.5) is 0 Å². The topological polar surface area (TPSA) is 80.0 Å². The highest BCUT2D eigenvalue weighted by atomic mass is 16.3. The van der Waals surface area contributed by atoms with Gasteiger partial charge in [-0.3, -0.25) is 4.79 Å². The molecule has 0 saturated heterocycles. The van der Waals surface area contributed by atoms with Crippen LogP contribution >= 0.6 is 0 Å². The van der Waals surface area contributed by atoms with Crippen LogP contribution in [0.1, 0.15) is 36.0 Å². The van der Waals surface area contributed by atoms with Crippen LogP contribution in [-0.2, 0) is 0 Å². The van der Waals surface area contributed by atoms with Gasteiger partial charge in [-0.25, -0.2) is 9.67 Å². The standard InChI is InChI=1S/C15H18N4O2/c20-13-7-2-1-6-12(13)18-15(21)11-5-3-8-16-14(11)19-10-4-9-17-19/h3-5,8-10,12-13,20H,1-2,6-7H2,(H,18,21). The first-order valence-corrected chi connectivity index (χ1v) is 7.19. The summed E-state index contributed by atoms with van der Waals surface area (Å²) in [4.78, 5) is 16.7. The van der Waals surface area contributed by atoms with Crippen molar-refractivity contribution in [1.29, 1.82) is 0 Å². The molecule has 2 atom stereocenters. The molecule has 0 bridgehead atoms. The maximum absolute atomic E-state index is 12.5. The van der Waals surface area contributed by atoms with Crippen molar-refractivity contribution in [2.45, 2.75) is 37.8 Å². The van der Waals surface area contributed by atoms with E-state index in [0.29, 0.717) is 11.4 Å². The Hall–Kier alpha value is -2.21. The maximum Gasteiger partial charge on any atom is 0.255 e. The minimum absolute atomic E-state index is 0.183. The van der Waals surface area contributed by atoms with E-state index >= 15 is 0 Å². The van der Waals surface area contributed by atoms with Crippen LogP contribution in [0.2, 0.25) is 0 Å². The van der Waals surface area contributed by atoms with Gasteiger partial charge in [0.25, 0.3) is 5.91 Å². The summed E-state index contributed by atoms with van der Waals surface area (Å²) in [5.41, 5.74) is 0.457. The summed E-state index contributed by atoms with van der Waals surface area (Å²) >= 11 is 0. The molecule has 21 heavy (non-hydrogen) atoms. The van der Waals surface area contributed by atoms with Gasteiger partial charge in [0, 0.05) is 18.6 Å². The van der Waals surface area contributed by atoms with E-state index in [2.05, 4.69) is 15.4 Å². The molecule has 2 N–H and O–H groups in total. The third-order valence-electron chi connectivity index (χ3n) is 3.80. The van der Waals surface area contributed by atoms with Crippen LogP contribution < -0.4 is 5.32 Å². The lowest BCUT2D eigenvalue weighted by Gasteiger charge is -2.28. The molecule has 3 rings (SSSR count). The molecule has 0 radical (unpaired) electrons. The van der Waals surface area contributed by atoms with E-state index < -0.39 is 6.10 Å². The van der Waals surface area contributed by atoms with Gasteiger partial charge in [-0.15, -0.1) is 0 Å². The Morgan fingerprint density at radius 3 is 2.90 bits per heavy atom. The average molecular weight is 286 g/mol. The number of rotatable bonds is 3. The van der Waals surface area contributed by atoms with Crippen molar-refractivity contribution in [3.8, 4) is 5.82 Å².